The van der Waals surface area contributed by atoms with Gasteiger partial charge in [-0.15, -0.1) is 11.3 Å². The summed E-state index contributed by atoms with van der Waals surface area (Å²) in [6.45, 7) is 5.53. The fourth-order valence-electron chi connectivity index (χ4n) is 3.83. The Balaban J connectivity index is 1.43. The van der Waals surface area contributed by atoms with Crippen molar-refractivity contribution in [3.8, 4) is 28.3 Å². The molecule has 0 fully saturated rings. The molecule has 6 nitrogen and oxygen atoms in total. The number of fused-ring (bicyclic) bond motifs is 1. The summed E-state index contributed by atoms with van der Waals surface area (Å²) >= 11 is 1.32. The predicted molar refractivity (Wildman–Crippen MR) is 144 cm³/mol. The first kappa shape index (κ1) is 23.5. The van der Waals surface area contributed by atoms with Crippen LogP contribution < -0.4 is 15.5 Å². The van der Waals surface area contributed by atoms with E-state index in [1.54, 1.807) is 6.07 Å². The number of carbonyl (C=O) groups is 1. The van der Waals surface area contributed by atoms with Crippen LogP contribution in [-0.4, -0.2) is 17.5 Å². The highest BCUT2D eigenvalue weighted by Gasteiger charge is 2.20. The summed E-state index contributed by atoms with van der Waals surface area (Å²) in [7, 11) is 0. The molecule has 0 aliphatic heterocycles. The normalized spacial score (nSPS) is 11.0. The van der Waals surface area contributed by atoms with Gasteiger partial charge in [0.05, 0.1) is 11.1 Å². The summed E-state index contributed by atoms with van der Waals surface area (Å²) in [5.74, 6) is -0.114. The van der Waals surface area contributed by atoms with Gasteiger partial charge in [0, 0.05) is 16.5 Å². The van der Waals surface area contributed by atoms with Crippen molar-refractivity contribution < 1.29 is 13.9 Å². The number of carbonyl (C=O) groups excluding carboxylic acids is 1. The number of rotatable bonds is 6. The second-order valence-corrected chi connectivity index (χ2v) is 9.49. The van der Waals surface area contributed by atoms with Gasteiger partial charge < -0.3 is 9.15 Å². The van der Waals surface area contributed by atoms with Crippen molar-refractivity contribution in [2.45, 2.75) is 20.8 Å². The number of nitrogens with zero attached hydrogens (tertiary/aromatic N) is 1. The van der Waals surface area contributed by atoms with Gasteiger partial charge in [0.1, 0.15) is 5.58 Å². The summed E-state index contributed by atoms with van der Waals surface area (Å²) in [6.07, 6.45) is 0. The van der Waals surface area contributed by atoms with Crippen LogP contribution in [-0.2, 0) is 4.79 Å². The van der Waals surface area contributed by atoms with Crippen molar-refractivity contribution in [3.63, 3.8) is 0 Å². The monoisotopic (exact) mass is 496 g/mol. The molecule has 2 heterocycles. The molecule has 0 aliphatic rings. The Labute approximate surface area is 212 Å². The molecule has 1 N–H and O–H groups in total. The molecule has 7 heteroatoms. The molecule has 5 aromatic rings. The molecular formula is C29H24N2O4S. The van der Waals surface area contributed by atoms with E-state index in [0.29, 0.717) is 27.4 Å². The standard InChI is InChI=1S/C29H24N2O4S/c1-17-9-11-21(12-10-17)27-28(26(33)22-13-18(2)19(3)14-24(22)35-27)34-15-25(32)31-29-30-23(16-36-29)20-7-5-4-6-8-20/h4-14,16H,15H2,1-3H3,(H,30,31,32). The number of hydrogen-bond donors (Lipinski definition) is 1. The molecule has 0 unspecified atom stereocenters. The number of thiazole rings is 1. The molecule has 2 aromatic heterocycles. The molecule has 0 aliphatic carbocycles. The minimum absolute atomic E-state index is 0.00821. The lowest BCUT2D eigenvalue weighted by Gasteiger charge is -2.12. The van der Waals surface area contributed by atoms with Gasteiger partial charge in [0.2, 0.25) is 11.2 Å². The molecule has 1 amide bonds. The number of amides is 1. The van der Waals surface area contributed by atoms with E-state index in [0.717, 1.165) is 27.9 Å². The molecule has 0 atom stereocenters. The summed E-state index contributed by atoms with van der Waals surface area (Å²) in [4.78, 5) is 30.6. The van der Waals surface area contributed by atoms with Crippen molar-refractivity contribution in [3.05, 3.63) is 99.0 Å². The second kappa shape index (κ2) is 9.79. The summed E-state index contributed by atoms with van der Waals surface area (Å²) in [5, 5.41) is 5.50. The number of benzene rings is 3. The van der Waals surface area contributed by atoms with Gasteiger partial charge in [-0.05, 0) is 44.0 Å². The van der Waals surface area contributed by atoms with Gasteiger partial charge in [0.15, 0.2) is 17.5 Å². The maximum atomic E-state index is 13.5. The van der Waals surface area contributed by atoms with E-state index in [2.05, 4.69) is 10.3 Å². The first-order valence-electron chi connectivity index (χ1n) is 11.5. The van der Waals surface area contributed by atoms with Crippen LogP contribution in [0.2, 0.25) is 0 Å². The molecular weight excluding hydrogens is 472 g/mol. The smallest absolute Gasteiger partial charge is 0.264 e. The molecule has 0 saturated carbocycles. The third-order valence-electron chi connectivity index (χ3n) is 5.95. The minimum Gasteiger partial charge on any atom is -0.476 e. The quantitative estimate of drug-likeness (QED) is 0.289. The van der Waals surface area contributed by atoms with Crippen LogP contribution in [0.25, 0.3) is 33.6 Å². The van der Waals surface area contributed by atoms with Gasteiger partial charge in [-0.25, -0.2) is 4.98 Å². The molecule has 0 saturated heterocycles. The number of aryl methyl sites for hydroxylation is 3. The molecule has 0 bridgehead atoms. The Bertz CT molecular complexity index is 1620. The average molecular weight is 497 g/mol. The van der Waals surface area contributed by atoms with Crippen LogP contribution in [0.3, 0.4) is 0 Å². The summed E-state index contributed by atoms with van der Waals surface area (Å²) < 4.78 is 12.0. The number of aromatic nitrogens is 1. The Morgan fingerprint density at radius 2 is 1.69 bits per heavy atom. The van der Waals surface area contributed by atoms with E-state index >= 15 is 0 Å². The second-order valence-electron chi connectivity index (χ2n) is 8.63. The van der Waals surface area contributed by atoms with Crippen molar-refractivity contribution in [2.75, 3.05) is 11.9 Å². The lowest BCUT2D eigenvalue weighted by atomic mass is 10.0. The topological polar surface area (TPSA) is 81.4 Å². The maximum absolute atomic E-state index is 13.5. The SMILES string of the molecule is Cc1ccc(-c2oc3cc(C)c(C)cc3c(=O)c2OCC(=O)Nc2nc(-c3ccccc3)cs2)cc1. The molecule has 36 heavy (non-hydrogen) atoms. The maximum Gasteiger partial charge on any atom is 0.264 e. The third kappa shape index (κ3) is 4.78. The zero-order valence-electron chi connectivity index (χ0n) is 20.1. The lowest BCUT2D eigenvalue weighted by molar-refractivity contribution is -0.118. The Kier molecular flexibility index (Phi) is 6.40. The number of nitrogens with one attached hydrogen (secondary N) is 1. The number of ether oxygens (including phenoxy) is 1. The van der Waals surface area contributed by atoms with Gasteiger partial charge >= 0.3 is 0 Å². The van der Waals surface area contributed by atoms with Crippen molar-refractivity contribution in [1.29, 1.82) is 0 Å². The van der Waals surface area contributed by atoms with Crippen LogP contribution in [0, 0.1) is 20.8 Å². The van der Waals surface area contributed by atoms with Crippen molar-refractivity contribution in [2.24, 2.45) is 0 Å². The highest BCUT2D eigenvalue weighted by molar-refractivity contribution is 7.14. The largest absolute Gasteiger partial charge is 0.476 e. The Morgan fingerprint density at radius 1 is 0.972 bits per heavy atom. The Morgan fingerprint density at radius 3 is 2.44 bits per heavy atom. The number of hydrogen-bond acceptors (Lipinski definition) is 6. The van der Waals surface area contributed by atoms with E-state index in [1.165, 1.54) is 11.3 Å². The first-order chi connectivity index (χ1) is 17.4. The molecule has 180 valence electrons. The predicted octanol–water partition coefficient (Wildman–Crippen LogP) is 6.53. The molecule has 0 spiro atoms. The first-order valence-corrected chi connectivity index (χ1v) is 12.4. The fraction of sp³-hybridized carbons (Fsp3) is 0.138. The van der Waals surface area contributed by atoms with Gasteiger partial charge in [0.25, 0.3) is 5.91 Å². The van der Waals surface area contributed by atoms with Crippen molar-refractivity contribution >= 4 is 33.3 Å². The average Bonchev–Trinajstić information content (AvgIpc) is 3.34. The molecule has 0 radical (unpaired) electrons. The zero-order valence-corrected chi connectivity index (χ0v) is 20.9. The minimum atomic E-state index is -0.418. The van der Waals surface area contributed by atoms with Crippen LogP contribution >= 0.6 is 11.3 Å². The van der Waals surface area contributed by atoms with E-state index in [9.17, 15) is 9.59 Å². The number of anilines is 1. The lowest BCUT2D eigenvalue weighted by Crippen LogP contribution is -2.22. The van der Waals surface area contributed by atoms with Crippen LogP contribution in [0.1, 0.15) is 16.7 Å². The van der Waals surface area contributed by atoms with E-state index in [1.807, 2.05) is 86.8 Å². The van der Waals surface area contributed by atoms with Gasteiger partial charge in [-0.3, -0.25) is 14.9 Å². The highest BCUT2D eigenvalue weighted by Crippen LogP contribution is 2.32. The summed E-state index contributed by atoms with van der Waals surface area (Å²) in [6, 6.07) is 21.0. The van der Waals surface area contributed by atoms with Crippen LogP contribution in [0.4, 0.5) is 5.13 Å². The van der Waals surface area contributed by atoms with Gasteiger partial charge in [-0.1, -0.05) is 60.2 Å². The van der Waals surface area contributed by atoms with Gasteiger partial charge in [-0.2, -0.15) is 0 Å². The van der Waals surface area contributed by atoms with E-state index in [-0.39, 0.29) is 17.8 Å². The zero-order chi connectivity index (χ0) is 25.2. The van der Waals surface area contributed by atoms with E-state index < -0.39 is 5.91 Å². The van der Waals surface area contributed by atoms with Crippen LogP contribution in [0.15, 0.2) is 81.3 Å². The van der Waals surface area contributed by atoms with Crippen LogP contribution in [0.5, 0.6) is 5.75 Å². The Hall–Kier alpha value is -4.23. The van der Waals surface area contributed by atoms with E-state index in [4.69, 9.17) is 9.15 Å². The molecule has 3 aromatic carbocycles. The highest BCUT2D eigenvalue weighted by atomic mass is 32.1. The summed E-state index contributed by atoms with van der Waals surface area (Å²) in [5.41, 5.74) is 5.67. The third-order valence-corrected chi connectivity index (χ3v) is 6.70. The fourth-order valence-corrected chi connectivity index (χ4v) is 4.56. The molecule has 5 rings (SSSR count). The van der Waals surface area contributed by atoms with Crippen molar-refractivity contribution in [1.82, 2.24) is 4.98 Å².